The third kappa shape index (κ3) is 1.55. The van der Waals surface area contributed by atoms with Crippen LogP contribution in [0.15, 0.2) is 27.9 Å². The third-order valence-electron chi connectivity index (χ3n) is 1.82. The number of thiophene rings is 1. The maximum Gasteiger partial charge on any atom is 0.345 e. The zero-order chi connectivity index (χ0) is 9.26. The van der Waals surface area contributed by atoms with Crippen LogP contribution in [0, 0.1) is 0 Å². The fourth-order valence-corrected chi connectivity index (χ4v) is 1.77. The maximum atomic E-state index is 11.4. The summed E-state index contributed by atoms with van der Waals surface area (Å²) in [5.74, 6) is 0. The van der Waals surface area contributed by atoms with Gasteiger partial charge in [-0.05, 0) is 22.4 Å². The van der Waals surface area contributed by atoms with E-state index in [0.29, 0.717) is 6.54 Å². The molecule has 0 aliphatic rings. The Morgan fingerprint density at radius 2 is 2.46 bits per heavy atom. The molecule has 0 amide bonds. The number of rotatable bonds is 2. The number of aromatic nitrogens is 3. The van der Waals surface area contributed by atoms with Crippen LogP contribution in [0.3, 0.4) is 0 Å². The number of hydrogen-bond donors (Lipinski definition) is 0. The van der Waals surface area contributed by atoms with Gasteiger partial charge in [0.1, 0.15) is 6.33 Å². The average molecular weight is 195 g/mol. The molecule has 2 heterocycles. The van der Waals surface area contributed by atoms with E-state index in [2.05, 4.69) is 5.10 Å². The van der Waals surface area contributed by atoms with Gasteiger partial charge >= 0.3 is 5.69 Å². The Morgan fingerprint density at radius 1 is 1.62 bits per heavy atom. The van der Waals surface area contributed by atoms with Crippen molar-refractivity contribution < 1.29 is 0 Å². The number of aryl methyl sites for hydroxylation is 1. The van der Waals surface area contributed by atoms with Crippen LogP contribution < -0.4 is 5.69 Å². The predicted molar refractivity (Wildman–Crippen MR) is 50.9 cm³/mol. The molecule has 0 N–H and O–H groups in total. The van der Waals surface area contributed by atoms with Gasteiger partial charge in [-0.1, -0.05) is 0 Å². The summed E-state index contributed by atoms with van der Waals surface area (Å²) >= 11 is 1.63. The lowest BCUT2D eigenvalue weighted by molar-refractivity contribution is 0.692. The Bertz CT molecular complexity index is 440. The molecule has 0 saturated heterocycles. The average Bonchev–Trinajstić information content (AvgIpc) is 2.71. The summed E-state index contributed by atoms with van der Waals surface area (Å²) in [5, 5.41) is 7.89. The molecule has 2 aromatic rings. The minimum atomic E-state index is -0.0776. The Hall–Kier alpha value is -1.36. The molecule has 0 spiro atoms. The Balaban J connectivity index is 2.29. The Morgan fingerprint density at radius 3 is 3.00 bits per heavy atom. The fourth-order valence-electron chi connectivity index (χ4n) is 1.11. The number of hydrogen-bond acceptors (Lipinski definition) is 3. The van der Waals surface area contributed by atoms with E-state index in [0.717, 1.165) is 5.56 Å². The van der Waals surface area contributed by atoms with Crippen molar-refractivity contribution in [2.24, 2.45) is 7.05 Å². The second-order valence-electron chi connectivity index (χ2n) is 2.80. The molecule has 0 atom stereocenters. The molecule has 2 aromatic heterocycles. The lowest BCUT2D eigenvalue weighted by Crippen LogP contribution is -2.22. The summed E-state index contributed by atoms with van der Waals surface area (Å²) in [6.45, 7) is 0.607. The minimum Gasteiger partial charge on any atom is -0.277 e. The molecule has 2 rings (SSSR count). The Kier molecular flexibility index (Phi) is 2.02. The topological polar surface area (TPSA) is 39.8 Å². The van der Waals surface area contributed by atoms with Crippen LogP contribution in [0.2, 0.25) is 0 Å². The summed E-state index contributed by atoms with van der Waals surface area (Å²) in [6.07, 6.45) is 1.56. The van der Waals surface area contributed by atoms with E-state index in [4.69, 9.17) is 0 Å². The van der Waals surface area contributed by atoms with Gasteiger partial charge < -0.3 is 0 Å². The minimum absolute atomic E-state index is 0.0776. The van der Waals surface area contributed by atoms with Gasteiger partial charge in [0, 0.05) is 7.05 Å². The van der Waals surface area contributed by atoms with Crippen molar-refractivity contribution in [3.8, 4) is 0 Å². The van der Waals surface area contributed by atoms with E-state index >= 15 is 0 Å². The summed E-state index contributed by atoms with van der Waals surface area (Å²) in [5.41, 5.74) is 1.06. The van der Waals surface area contributed by atoms with Crippen LogP contribution in [0.4, 0.5) is 0 Å². The Labute approximate surface area is 79.1 Å². The lowest BCUT2D eigenvalue weighted by atomic mass is 10.3. The van der Waals surface area contributed by atoms with Gasteiger partial charge in [0.15, 0.2) is 0 Å². The van der Waals surface area contributed by atoms with Crippen LogP contribution in [0.5, 0.6) is 0 Å². The summed E-state index contributed by atoms with van der Waals surface area (Å²) in [6, 6.07) is 2.00. The third-order valence-corrected chi connectivity index (χ3v) is 2.55. The highest BCUT2D eigenvalue weighted by Crippen LogP contribution is 2.06. The first-order valence-electron chi connectivity index (χ1n) is 3.87. The SMILES string of the molecule is Cn1ncn(Cc2ccsc2)c1=O. The van der Waals surface area contributed by atoms with Crippen molar-refractivity contribution in [2.45, 2.75) is 6.54 Å². The van der Waals surface area contributed by atoms with Crippen molar-refractivity contribution in [3.63, 3.8) is 0 Å². The number of nitrogens with zero attached hydrogens (tertiary/aromatic N) is 3. The second-order valence-corrected chi connectivity index (χ2v) is 3.58. The highest BCUT2D eigenvalue weighted by molar-refractivity contribution is 7.07. The van der Waals surface area contributed by atoms with E-state index in [1.807, 2.05) is 16.8 Å². The molecule has 0 saturated carbocycles. The first-order valence-corrected chi connectivity index (χ1v) is 4.81. The van der Waals surface area contributed by atoms with Gasteiger partial charge in [-0.2, -0.15) is 16.4 Å². The summed E-state index contributed by atoms with van der Waals surface area (Å²) in [4.78, 5) is 11.4. The molecular formula is C8H9N3OS. The monoisotopic (exact) mass is 195 g/mol. The van der Waals surface area contributed by atoms with Crippen molar-refractivity contribution in [2.75, 3.05) is 0 Å². The van der Waals surface area contributed by atoms with Crippen LogP contribution >= 0.6 is 11.3 Å². The summed E-state index contributed by atoms with van der Waals surface area (Å²) in [7, 11) is 1.65. The van der Waals surface area contributed by atoms with E-state index in [9.17, 15) is 4.79 Å². The van der Waals surface area contributed by atoms with Crippen LogP contribution in [0.25, 0.3) is 0 Å². The summed E-state index contributed by atoms with van der Waals surface area (Å²) < 4.78 is 2.91. The van der Waals surface area contributed by atoms with Gasteiger partial charge in [-0.3, -0.25) is 4.57 Å². The molecule has 0 fully saturated rings. The zero-order valence-corrected chi connectivity index (χ0v) is 7.99. The molecule has 5 heteroatoms. The standard InChI is InChI=1S/C8H9N3OS/c1-10-8(12)11(6-9-10)4-7-2-3-13-5-7/h2-3,5-6H,4H2,1H3. The zero-order valence-electron chi connectivity index (χ0n) is 7.17. The van der Waals surface area contributed by atoms with Crippen LogP contribution in [-0.2, 0) is 13.6 Å². The molecule has 0 aliphatic heterocycles. The van der Waals surface area contributed by atoms with Crippen molar-refractivity contribution in [1.29, 1.82) is 0 Å². The lowest BCUT2D eigenvalue weighted by Gasteiger charge is -1.95. The van der Waals surface area contributed by atoms with Gasteiger partial charge in [0.2, 0.25) is 0 Å². The predicted octanol–water partition coefficient (Wildman–Crippen LogP) is 0.692. The second kappa shape index (κ2) is 3.18. The first-order chi connectivity index (χ1) is 6.27. The molecule has 0 aliphatic carbocycles. The largest absolute Gasteiger partial charge is 0.345 e. The highest BCUT2D eigenvalue weighted by atomic mass is 32.1. The first kappa shape index (κ1) is 8.25. The van der Waals surface area contributed by atoms with Crippen molar-refractivity contribution >= 4 is 11.3 Å². The molecule has 13 heavy (non-hydrogen) atoms. The molecular weight excluding hydrogens is 186 g/mol. The van der Waals surface area contributed by atoms with Gasteiger partial charge in [-0.25, -0.2) is 9.48 Å². The molecule has 0 aromatic carbocycles. The quantitative estimate of drug-likeness (QED) is 0.707. The van der Waals surface area contributed by atoms with E-state index in [-0.39, 0.29) is 5.69 Å². The van der Waals surface area contributed by atoms with E-state index in [1.165, 1.54) is 4.68 Å². The molecule has 0 unspecified atom stereocenters. The molecule has 4 nitrogen and oxygen atoms in total. The van der Waals surface area contributed by atoms with Crippen molar-refractivity contribution in [1.82, 2.24) is 14.3 Å². The van der Waals surface area contributed by atoms with Gasteiger partial charge in [-0.15, -0.1) is 0 Å². The fraction of sp³-hybridized carbons (Fsp3) is 0.250. The molecule has 68 valence electrons. The van der Waals surface area contributed by atoms with Gasteiger partial charge in [0.05, 0.1) is 6.54 Å². The van der Waals surface area contributed by atoms with E-state index in [1.54, 1.807) is 29.3 Å². The maximum absolute atomic E-state index is 11.4. The normalized spacial score (nSPS) is 10.5. The molecule has 0 bridgehead atoms. The van der Waals surface area contributed by atoms with Gasteiger partial charge in [0.25, 0.3) is 0 Å². The van der Waals surface area contributed by atoms with Crippen LogP contribution in [0.1, 0.15) is 5.56 Å². The van der Waals surface area contributed by atoms with Crippen molar-refractivity contribution in [3.05, 3.63) is 39.2 Å². The van der Waals surface area contributed by atoms with Crippen LogP contribution in [-0.4, -0.2) is 14.3 Å². The smallest absolute Gasteiger partial charge is 0.277 e. The molecule has 0 radical (unpaired) electrons. The van der Waals surface area contributed by atoms with E-state index < -0.39 is 0 Å². The highest BCUT2D eigenvalue weighted by Gasteiger charge is 2.01.